The first-order valence-electron chi connectivity index (χ1n) is 4.11. The molecule has 3 heteroatoms. The van der Waals surface area contributed by atoms with Gasteiger partial charge in [0.25, 0.3) is 0 Å². The van der Waals surface area contributed by atoms with Crippen molar-refractivity contribution in [2.75, 3.05) is 6.54 Å². The summed E-state index contributed by atoms with van der Waals surface area (Å²) in [6.45, 7) is 4.31. The quantitative estimate of drug-likeness (QED) is 0.547. The molecule has 1 N–H and O–H groups in total. The Morgan fingerprint density at radius 2 is 2.08 bits per heavy atom. The molecule has 0 saturated heterocycles. The van der Waals surface area contributed by atoms with Gasteiger partial charge in [-0.3, -0.25) is 4.79 Å². The number of hydrogen-bond acceptors (Lipinski definition) is 1. The number of rotatable bonds is 4. The Bertz CT molecular complexity index is 237. The van der Waals surface area contributed by atoms with E-state index < -0.39 is 0 Å². The second-order valence-electron chi connectivity index (χ2n) is 2.39. The molecule has 0 aliphatic heterocycles. The third-order valence-electron chi connectivity index (χ3n) is 1.15. The topological polar surface area (TPSA) is 29.1 Å². The predicted molar refractivity (Wildman–Crippen MR) is 56.6 cm³/mol. The summed E-state index contributed by atoms with van der Waals surface area (Å²) in [5, 5.41) is 3.35. The fourth-order valence-electron chi connectivity index (χ4n) is 0.628. The molecule has 0 heterocycles. The van der Waals surface area contributed by atoms with Crippen LogP contribution >= 0.6 is 11.6 Å². The summed E-state index contributed by atoms with van der Waals surface area (Å²) in [6, 6.07) is 0. The van der Waals surface area contributed by atoms with Crippen LogP contribution < -0.4 is 5.32 Å². The van der Waals surface area contributed by atoms with E-state index in [9.17, 15) is 4.79 Å². The number of carbonyl (C=O) groups is 1. The van der Waals surface area contributed by atoms with Gasteiger partial charge in [0.2, 0.25) is 5.91 Å². The van der Waals surface area contributed by atoms with Crippen LogP contribution in [0.3, 0.4) is 0 Å². The zero-order valence-electron chi connectivity index (χ0n) is 7.88. The van der Waals surface area contributed by atoms with Gasteiger partial charge in [-0.15, -0.1) is 0 Å². The largest absolute Gasteiger partial charge is 0.353 e. The highest BCUT2D eigenvalue weighted by Gasteiger charge is 1.86. The van der Waals surface area contributed by atoms with Gasteiger partial charge < -0.3 is 5.32 Å². The molecule has 0 aromatic heterocycles. The lowest BCUT2D eigenvalue weighted by Crippen LogP contribution is -2.19. The molecular weight excluding hydrogens is 186 g/mol. The number of carbonyl (C=O) groups excluding carboxylic acids is 1. The molecule has 72 valence electrons. The molecule has 0 saturated carbocycles. The van der Waals surface area contributed by atoms with Crippen LogP contribution in [0.5, 0.6) is 0 Å². The van der Waals surface area contributed by atoms with Crippen molar-refractivity contribution in [3.8, 4) is 0 Å². The van der Waals surface area contributed by atoms with Gasteiger partial charge in [0, 0.05) is 17.7 Å². The van der Waals surface area contributed by atoms with E-state index in [-0.39, 0.29) is 5.91 Å². The molecule has 0 aliphatic rings. The lowest BCUT2D eigenvalue weighted by atomic mass is 10.4. The molecule has 13 heavy (non-hydrogen) atoms. The molecule has 0 spiro atoms. The minimum atomic E-state index is -0.0845. The third kappa shape index (κ3) is 8.89. The Labute approximate surface area is 84.0 Å². The van der Waals surface area contributed by atoms with E-state index in [4.69, 9.17) is 11.6 Å². The minimum Gasteiger partial charge on any atom is -0.353 e. The van der Waals surface area contributed by atoms with Crippen molar-refractivity contribution in [3.63, 3.8) is 0 Å². The van der Waals surface area contributed by atoms with Crippen molar-refractivity contribution in [2.24, 2.45) is 0 Å². The van der Waals surface area contributed by atoms with Crippen LogP contribution in [0.1, 0.15) is 13.8 Å². The van der Waals surface area contributed by atoms with Crippen molar-refractivity contribution in [2.45, 2.75) is 13.8 Å². The zero-order valence-corrected chi connectivity index (χ0v) is 8.64. The van der Waals surface area contributed by atoms with E-state index in [0.29, 0.717) is 11.6 Å². The number of halogens is 1. The molecule has 2 nitrogen and oxygen atoms in total. The van der Waals surface area contributed by atoms with E-state index in [0.717, 1.165) is 0 Å². The van der Waals surface area contributed by atoms with Crippen molar-refractivity contribution in [3.05, 3.63) is 35.4 Å². The molecule has 0 aromatic carbocycles. The van der Waals surface area contributed by atoms with Gasteiger partial charge in [-0.05, 0) is 19.9 Å². The Morgan fingerprint density at radius 1 is 1.38 bits per heavy atom. The smallest absolute Gasteiger partial charge is 0.243 e. The normalized spacial score (nSPS) is 12.7. The summed E-state index contributed by atoms with van der Waals surface area (Å²) in [7, 11) is 0. The fraction of sp³-hybridized carbons (Fsp3) is 0.300. The van der Waals surface area contributed by atoms with Crippen molar-refractivity contribution < 1.29 is 4.79 Å². The summed E-state index contributed by atoms with van der Waals surface area (Å²) in [5.41, 5.74) is 0. The van der Waals surface area contributed by atoms with Crippen molar-refractivity contribution >= 4 is 17.5 Å². The minimum absolute atomic E-state index is 0.0845. The first-order valence-corrected chi connectivity index (χ1v) is 4.49. The summed E-state index contributed by atoms with van der Waals surface area (Å²) >= 11 is 5.58. The first kappa shape index (κ1) is 12.0. The number of hydrogen-bond donors (Lipinski definition) is 1. The van der Waals surface area contributed by atoms with Crippen molar-refractivity contribution in [1.29, 1.82) is 0 Å². The van der Waals surface area contributed by atoms with Crippen LogP contribution in [0.2, 0.25) is 0 Å². The number of nitrogens with one attached hydrogen (secondary N) is 1. The molecule has 0 unspecified atom stereocenters. The first-order chi connectivity index (χ1) is 6.16. The average molecular weight is 200 g/mol. The molecule has 0 aliphatic carbocycles. The SMILES string of the molecule is CCNC(=O)C=CC=CC=C(C)Cl. The van der Waals surface area contributed by atoms with Crippen LogP contribution in [0.15, 0.2) is 35.4 Å². The standard InChI is InChI=1S/C10H14ClNO/c1-3-12-10(13)8-6-4-5-7-9(2)11/h4-8H,3H2,1-2H3,(H,12,13). The lowest BCUT2D eigenvalue weighted by Gasteiger charge is -1.92. The Balaban J connectivity index is 3.81. The monoisotopic (exact) mass is 199 g/mol. The molecule has 0 fully saturated rings. The maximum absolute atomic E-state index is 10.9. The number of amides is 1. The Kier molecular flexibility index (Phi) is 7.02. The van der Waals surface area contributed by atoms with Crippen LogP contribution in [0, 0.1) is 0 Å². The molecule has 1 amide bonds. The van der Waals surface area contributed by atoms with Gasteiger partial charge in [0.1, 0.15) is 0 Å². The van der Waals surface area contributed by atoms with E-state index >= 15 is 0 Å². The second-order valence-corrected chi connectivity index (χ2v) is 2.99. The second kappa shape index (κ2) is 7.62. The van der Waals surface area contributed by atoms with Gasteiger partial charge in [0.05, 0.1) is 0 Å². The number of allylic oxidation sites excluding steroid dienone is 5. The molecule has 0 rings (SSSR count). The highest BCUT2D eigenvalue weighted by Crippen LogP contribution is 1.97. The summed E-state index contributed by atoms with van der Waals surface area (Å²) in [4.78, 5) is 10.9. The van der Waals surface area contributed by atoms with Gasteiger partial charge in [-0.25, -0.2) is 0 Å². The van der Waals surface area contributed by atoms with E-state index in [1.54, 1.807) is 31.2 Å². The van der Waals surface area contributed by atoms with Crippen LogP contribution in [-0.2, 0) is 4.79 Å². The Morgan fingerprint density at radius 3 is 2.62 bits per heavy atom. The maximum atomic E-state index is 10.9. The molecule has 0 aromatic rings. The van der Waals surface area contributed by atoms with Crippen LogP contribution in [-0.4, -0.2) is 12.5 Å². The van der Waals surface area contributed by atoms with Crippen molar-refractivity contribution in [1.82, 2.24) is 5.32 Å². The molecular formula is C10H14ClNO. The van der Waals surface area contributed by atoms with Crippen LogP contribution in [0.25, 0.3) is 0 Å². The Hall–Kier alpha value is -1.02. The highest BCUT2D eigenvalue weighted by atomic mass is 35.5. The fourth-order valence-corrected chi connectivity index (χ4v) is 0.701. The molecule has 0 bridgehead atoms. The molecule has 0 radical (unpaired) electrons. The summed E-state index contributed by atoms with van der Waals surface area (Å²) in [5.74, 6) is -0.0845. The lowest BCUT2D eigenvalue weighted by molar-refractivity contribution is -0.116. The predicted octanol–water partition coefficient (Wildman–Crippen LogP) is 2.38. The molecule has 0 atom stereocenters. The summed E-state index contributed by atoms with van der Waals surface area (Å²) < 4.78 is 0. The number of likely N-dealkylation sites (N-methyl/N-ethyl adjacent to an activating group) is 1. The summed E-state index contributed by atoms with van der Waals surface area (Å²) in [6.07, 6.45) is 8.42. The third-order valence-corrected chi connectivity index (χ3v) is 1.27. The zero-order chi connectivity index (χ0) is 10.1. The van der Waals surface area contributed by atoms with Gasteiger partial charge in [-0.2, -0.15) is 0 Å². The van der Waals surface area contributed by atoms with Crippen LogP contribution in [0.4, 0.5) is 0 Å². The average Bonchev–Trinajstić information content (AvgIpc) is 2.03. The van der Waals surface area contributed by atoms with Gasteiger partial charge in [0.15, 0.2) is 0 Å². The highest BCUT2D eigenvalue weighted by molar-refractivity contribution is 6.29. The van der Waals surface area contributed by atoms with Gasteiger partial charge >= 0.3 is 0 Å². The maximum Gasteiger partial charge on any atom is 0.243 e. The van der Waals surface area contributed by atoms with Gasteiger partial charge in [-0.1, -0.05) is 29.8 Å². The van der Waals surface area contributed by atoms with E-state index in [1.807, 2.05) is 6.92 Å². The van der Waals surface area contributed by atoms with E-state index in [2.05, 4.69) is 5.32 Å². The van der Waals surface area contributed by atoms with E-state index in [1.165, 1.54) is 6.08 Å².